The summed E-state index contributed by atoms with van der Waals surface area (Å²) in [6, 6.07) is 6.14. The molecular weight excluding hydrogens is 176 g/mol. The highest BCUT2D eigenvalue weighted by atomic mass is 16.5. The van der Waals surface area contributed by atoms with Crippen molar-refractivity contribution in [2.45, 2.75) is 13.8 Å². The van der Waals surface area contributed by atoms with Gasteiger partial charge in [-0.25, -0.2) is 0 Å². The molecule has 0 aliphatic heterocycles. The molecule has 14 heavy (non-hydrogen) atoms. The lowest BCUT2D eigenvalue weighted by Crippen LogP contribution is -1.87. The molecule has 0 aromatic heterocycles. The van der Waals surface area contributed by atoms with Crippen molar-refractivity contribution < 1.29 is 9.53 Å². The number of carbonyl (C=O) groups is 1. The van der Waals surface area contributed by atoms with Crippen LogP contribution in [0.4, 0.5) is 0 Å². The number of ether oxygens (including phenoxy) is 1. The molecular formula is C12H14O2. The molecule has 0 aliphatic carbocycles. The monoisotopic (exact) mass is 190 g/mol. The fourth-order valence-corrected chi connectivity index (χ4v) is 1.22. The van der Waals surface area contributed by atoms with Crippen LogP contribution in [-0.2, 0) is 9.53 Å². The fraction of sp³-hybridized carbons (Fsp3) is 0.250. The van der Waals surface area contributed by atoms with Crippen LogP contribution in [0, 0.1) is 13.8 Å². The summed E-state index contributed by atoms with van der Waals surface area (Å²) in [7, 11) is 0. The molecule has 0 radical (unpaired) electrons. The Hall–Kier alpha value is -1.57. The zero-order valence-electron chi connectivity index (χ0n) is 8.49. The summed E-state index contributed by atoms with van der Waals surface area (Å²) in [6.45, 7) is 4.94. The van der Waals surface area contributed by atoms with E-state index in [2.05, 4.69) is 24.7 Å². The summed E-state index contributed by atoms with van der Waals surface area (Å²) in [6.07, 6.45) is 3.79. The average Bonchev–Trinajstić information content (AvgIpc) is 2.19. The Morgan fingerprint density at radius 2 is 2.14 bits per heavy atom. The lowest BCUT2D eigenvalue weighted by Gasteiger charge is -2.03. The normalized spacial score (nSPS) is 10.4. The number of rotatable bonds is 4. The Morgan fingerprint density at radius 3 is 2.86 bits per heavy atom. The van der Waals surface area contributed by atoms with Gasteiger partial charge >= 0.3 is 0 Å². The van der Waals surface area contributed by atoms with Crippen molar-refractivity contribution >= 4 is 12.5 Å². The Labute approximate surface area is 84.2 Å². The Kier molecular flexibility index (Phi) is 3.92. The van der Waals surface area contributed by atoms with Crippen LogP contribution >= 0.6 is 0 Å². The molecule has 2 heteroatoms. The largest absolute Gasteiger partial charge is 0.464 e. The van der Waals surface area contributed by atoms with E-state index in [4.69, 9.17) is 0 Å². The number of carbonyl (C=O) groups excluding carboxylic acids is 1. The van der Waals surface area contributed by atoms with Crippen LogP contribution in [0.5, 0.6) is 0 Å². The molecule has 1 aromatic rings. The van der Waals surface area contributed by atoms with Crippen molar-refractivity contribution in [3.8, 4) is 0 Å². The van der Waals surface area contributed by atoms with Crippen LogP contribution in [-0.4, -0.2) is 13.1 Å². The topological polar surface area (TPSA) is 26.3 Å². The number of hydrogen-bond acceptors (Lipinski definition) is 2. The molecule has 0 bridgehead atoms. The zero-order valence-corrected chi connectivity index (χ0v) is 8.49. The highest BCUT2D eigenvalue weighted by Crippen LogP contribution is 2.13. The van der Waals surface area contributed by atoms with Crippen molar-refractivity contribution in [2.75, 3.05) is 6.61 Å². The first-order valence-electron chi connectivity index (χ1n) is 4.53. The molecule has 74 valence electrons. The van der Waals surface area contributed by atoms with Crippen LogP contribution in [0.15, 0.2) is 24.3 Å². The van der Waals surface area contributed by atoms with E-state index < -0.39 is 0 Å². The second-order valence-electron chi connectivity index (χ2n) is 3.12. The van der Waals surface area contributed by atoms with Crippen molar-refractivity contribution in [3.05, 3.63) is 41.0 Å². The smallest absolute Gasteiger partial charge is 0.293 e. The van der Waals surface area contributed by atoms with Gasteiger partial charge in [-0.1, -0.05) is 24.3 Å². The quantitative estimate of drug-likeness (QED) is 0.538. The van der Waals surface area contributed by atoms with Gasteiger partial charge in [-0.2, -0.15) is 0 Å². The van der Waals surface area contributed by atoms with E-state index in [0.717, 1.165) is 0 Å². The summed E-state index contributed by atoms with van der Waals surface area (Å²) >= 11 is 0. The van der Waals surface area contributed by atoms with E-state index in [1.54, 1.807) is 0 Å². The van der Waals surface area contributed by atoms with Crippen molar-refractivity contribution in [1.29, 1.82) is 0 Å². The summed E-state index contributed by atoms with van der Waals surface area (Å²) in [5.41, 5.74) is 3.69. The molecule has 0 amide bonds. The molecule has 0 saturated heterocycles. The summed E-state index contributed by atoms with van der Waals surface area (Å²) < 4.78 is 4.56. The summed E-state index contributed by atoms with van der Waals surface area (Å²) in [5.74, 6) is 0. The third-order valence-electron chi connectivity index (χ3n) is 2.20. The van der Waals surface area contributed by atoms with Gasteiger partial charge in [0.05, 0.1) is 0 Å². The van der Waals surface area contributed by atoms with Crippen LogP contribution in [0.25, 0.3) is 6.08 Å². The summed E-state index contributed by atoms with van der Waals surface area (Å²) in [4.78, 5) is 9.88. The van der Waals surface area contributed by atoms with E-state index in [-0.39, 0.29) is 0 Å². The van der Waals surface area contributed by atoms with Gasteiger partial charge in [-0.3, -0.25) is 4.79 Å². The molecule has 0 saturated carbocycles. The maximum absolute atomic E-state index is 9.88. The first kappa shape index (κ1) is 10.5. The molecule has 0 fully saturated rings. The molecule has 0 N–H and O–H groups in total. The SMILES string of the molecule is Cc1cccc(/C=C/COC=O)c1C. The van der Waals surface area contributed by atoms with E-state index in [9.17, 15) is 4.79 Å². The van der Waals surface area contributed by atoms with Gasteiger partial charge < -0.3 is 4.74 Å². The van der Waals surface area contributed by atoms with Gasteiger partial charge in [0.2, 0.25) is 0 Å². The predicted octanol–water partition coefficient (Wildman–Crippen LogP) is 2.49. The number of hydrogen-bond donors (Lipinski definition) is 0. The first-order chi connectivity index (χ1) is 6.75. The van der Waals surface area contributed by atoms with Gasteiger partial charge in [0.15, 0.2) is 0 Å². The third-order valence-corrected chi connectivity index (χ3v) is 2.20. The highest BCUT2D eigenvalue weighted by Gasteiger charge is 1.95. The fourth-order valence-electron chi connectivity index (χ4n) is 1.22. The molecule has 2 nitrogen and oxygen atoms in total. The van der Waals surface area contributed by atoms with E-state index in [1.165, 1.54) is 16.7 Å². The lowest BCUT2D eigenvalue weighted by molar-refractivity contribution is -0.127. The van der Waals surface area contributed by atoms with Crippen LogP contribution in [0.1, 0.15) is 16.7 Å². The Balaban J connectivity index is 2.71. The second-order valence-corrected chi connectivity index (χ2v) is 3.12. The first-order valence-corrected chi connectivity index (χ1v) is 4.53. The van der Waals surface area contributed by atoms with Crippen molar-refractivity contribution in [1.82, 2.24) is 0 Å². The predicted molar refractivity (Wildman–Crippen MR) is 57.0 cm³/mol. The number of benzene rings is 1. The van der Waals surface area contributed by atoms with E-state index in [1.807, 2.05) is 24.3 Å². The third kappa shape index (κ3) is 2.73. The van der Waals surface area contributed by atoms with Gasteiger partial charge in [0, 0.05) is 0 Å². The van der Waals surface area contributed by atoms with Gasteiger partial charge in [0.1, 0.15) is 6.61 Å². The second kappa shape index (κ2) is 5.22. The minimum Gasteiger partial charge on any atom is -0.464 e. The van der Waals surface area contributed by atoms with Gasteiger partial charge in [-0.15, -0.1) is 0 Å². The average molecular weight is 190 g/mol. The maximum Gasteiger partial charge on any atom is 0.293 e. The van der Waals surface area contributed by atoms with Gasteiger partial charge in [0.25, 0.3) is 6.47 Å². The molecule has 0 aliphatic rings. The zero-order chi connectivity index (χ0) is 10.4. The van der Waals surface area contributed by atoms with Gasteiger partial charge in [-0.05, 0) is 36.6 Å². The van der Waals surface area contributed by atoms with E-state index in [0.29, 0.717) is 13.1 Å². The van der Waals surface area contributed by atoms with Crippen molar-refractivity contribution in [2.24, 2.45) is 0 Å². The molecule has 1 rings (SSSR count). The van der Waals surface area contributed by atoms with Crippen molar-refractivity contribution in [3.63, 3.8) is 0 Å². The van der Waals surface area contributed by atoms with Crippen LogP contribution < -0.4 is 0 Å². The standard InChI is InChI=1S/C12H14O2/c1-10-5-3-6-12(11(10)2)7-4-8-14-9-13/h3-7,9H,8H2,1-2H3/b7-4+. The molecule has 0 unspecified atom stereocenters. The molecule has 1 aromatic carbocycles. The number of aryl methyl sites for hydroxylation is 1. The van der Waals surface area contributed by atoms with Crippen LogP contribution in [0.3, 0.4) is 0 Å². The minimum absolute atomic E-state index is 0.330. The van der Waals surface area contributed by atoms with E-state index >= 15 is 0 Å². The molecule has 0 heterocycles. The molecule has 0 atom stereocenters. The lowest BCUT2D eigenvalue weighted by atomic mass is 10.0. The maximum atomic E-state index is 9.88. The highest BCUT2D eigenvalue weighted by molar-refractivity contribution is 5.55. The molecule has 0 spiro atoms. The summed E-state index contributed by atoms with van der Waals surface area (Å²) in [5, 5.41) is 0. The Morgan fingerprint density at radius 1 is 1.36 bits per heavy atom. The van der Waals surface area contributed by atoms with Crippen LogP contribution in [0.2, 0.25) is 0 Å². The minimum atomic E-state index is 0.330. The Bertz CT molecular complexity index is 340.